The van der Waals surface area contributed by atoms with Crippen molar-refractivity contribution in [3.05, 3.63) is 144 Å². The van der Waals surface area contributed by atoms with Crippen LogP contribution in [0.3, 0.4) is 0 Å². The van der Waals surface area contributed by atoms with E-state index in [9.17, 15) is 0 Å². The van der Waals surface area contributed by atoms with Crippen LogP contribution >= 0.6 is 0 Å². The Hall–Kier alpha value is -3.20. The van der Waals surface area contributed by atoms with Gasteiger partial charge in [0.05, 0.1) is 0 Å². The minimum atomic E-state index is 0.514. The maximum atomic E-state index is 3.65. The fraction of sp³-hybridized carbons (Fsp3) is 0.351. The molecule has 0 spiro atoms. The zero-order valence-corrected chi connectivity index (χ0v) is 23.7. The summed E-state index contributed by atoms with van der Waals surface area (Å²) in [7, 11) is 2.34. The summed E-state index contributed by atoms with van der Waals surface area (Å²) in [5, 5.41) is 3.65. The van der Waals surface area contributed by atoms with Crippen LogP contribution in [0.1, 0.15) is 66.7 Å². The number of likely N-dealkylation sites (N-methyl/N-ethyl adjacent to an activating group) is 1. The molecule has 4 rings (SSSR count). The van der Waals surface area contributed by atoms with E-state index in [4.69, 9.17) is 0 Å². The van der Waals surface area contributed by atoms with Gasteiger partial charge in [0.2, 0.25) is 0 Å². The van der Waals surface area contributed by atoms with Crippen LogP contribution in [-0.4, -0.2) is 24.5 Å². The lowest BCUT2D eigenvalue weighted by Gasteiger charge is -2.36. The first-order valence-electron chi connectivity index (χ1n) is 14.9. The molecule has 2 unspecified atom stereocenters. The summed E-state index contributed by atoms with van der Waals surface area (Å²) in [6.07, 6.45) is 8.55. The lowest BCUT2D eigenvalue weighted by molar-refractivity contribution is 0.180. The van der Waals surface area contributed by atoms with Gasteiger partial charge in [-0.25, -0.2) is 0 Å². The number of aryl methyl sites for hydroxylation is 1. The Morgan fingerprint density at radius 3 is 1.74 bits per heavy atom. The molecular formula is C37H46N2. The van der Waals surface area contributed by atoms with E-state index in [0.29, 0.717) is 12.0 Å². The number of nitrogens with zero attached hydrogens (tertiary/aromatic N) is 1. The van der Waals surface area contributed by atoms with Gasteiger partial charge in [0, 0.05) is 19.1 Å². The van der Waals surface area contributed by atoms with Gasteiger partial charge in [-0.05, 0) is 73.9 Å². The van der Waals surface area contributed by atoms with Crippen molar-refractivity contribution in [3.8, 4) is 0 Å². The molecule has 2 heteroatoms. The molecule has 39 heavy (non-hydrogen) atoms. The van der Waals surface area contributed by atoms with E-state index in [1.165, 1.54) is 67.2 Å². The molecule has 4 aromatic rings. The van der Waals surface area contributed by atoms with E-state index < -0.39 is 0 Å². The molecular weight excluding hydrogens is 472 g/mol. The summed E-state index contributed by atoms with van der Waals surface area (Å²) in [6, 6.07) is 44.4. The van der Waals surface area contributed by atoms with Gasteiger partial charge in [-0.2, -0.15) is 0 Å². The second kappa shape index (κ2) is 16.7. The first-order valence-corrected chi connectivity index (χ1v) is 14.9. The molecule has 1 N–H and O–H groups in total. The second-order valence-corrected chi connectivity index (χ2v) is 10.9. The Bertz CT molecular complexity index is 1150. The summed E-state index contributed by atoms with van der Waals surface area (Å²) in [5.74, 6) is 0.533. The summed E-state index contributed by atoms with van der Waals surface area (Å²) < 4.78 is 0. The van der Waals surface area contributed by atoms with Crippen LogP contribution in [0.2, 0.25) is 0 Å². The van der Waals surface area contributed by atoms with Crippen LogP contribution in [0.5, 0.6) is 0 Å². The molecule has 0 aliphatic carbocycles. The third-order valence-corrected chi connectivity index (χ3v) is 7.88. The molecule has 2 nitrogen and oxygen atoms in total. The van der Waals surface area contributed by atoms with E-state index in [1.54, 1.807) is 0 Å². The molecule has 0 radical (unpaired) electrons. The van der Waals surface area contributed by atoms with E-state index in [-0.39, 0.29) is 0 Å². The summed E-state index contributed by atoms with van der Waals surface area (Å²) in [5.41, 5.74) is 5.70. The highest BCUT2D eigenvalue weighted by atomic mass is 15.1. The fourth-order valence-electron chi connectivity index (χ4n) is 5.77. The SMILES string of the molecule is CN(Cc1ccccc1)C(CCCCc1ccccc1)C(CCCCNCc1ccccc1)c1ccccc1. The number of hydrogen-bond acceptors (Lipinski definition) is 2. The lowest BCUT2D eigenvalue weighted by Crippen LogP contribution is -2.36. The normalized spacial score (nSPS) is 12.9. The minimum absolute atomic E-state index is 0.514. The van der Waals surface area contributed by atoms with Crippen LogP contribution in [0.25, 0.3) is 0 Å². The molecule has 0 aliphatic rings. The van der Waals surface area contributed by atoms with Gasteiger partial charge in [0.15, 0.2) is 0 Å². The Morgan fingerprint density at radius 1 is 0.564 bits per heavy atom. The first kappa shape index (κ1) is 28.8. The molecule has 2 atom stereocenters. The number of hydrogen-bond donors (Lipinski definition) is 1. The number of unbranched alkanes of at least 4 members (excludes halogenated alkanes) is 2. The van der Waals surface area contributed by atoms with Crippen LogP contribution < -0.4 is 5.32 Å². The van der Waals surface area contributed by atoms with Gasteiger partial charge in [0.1, 0.15) is 0 Å². The molecule has 0 aliphatic heterocycles. The molecule has 0 saturated heterocycles. The topological polar surface area (TPSA) is 15.3 Å². The standard InChI is InChI=1S/C37H46N2/c1-39(31-34-23-10-4-11-24-34)37(28-15-14-20-32-18-6-2-7-19-32)36(35-25-12-5-13-26-35)27-16-17-29-38-30-33-21-8-3-9-22-33/h2-13,18-19,21-26,36-38H,14-17,20,27-31H2,1H3. The van der Waals surface area contributed by atoms with Crippen molar-refractivity contribution in [2.75, 3.05) is 13.6 Å². The van der Waals surface area contributed by atoms with Crippen LogP contribution in [0.15, 0.2) is 121 Å². The first-order chi connectivity index (χ1) is 19.3. The predicted octanol–water partition coefficient (Wildman–Crippen LogP) is 8.64. The smallest absolute Gasteiger partial charge is 0.0233 e. The summed E-state index contributed by atoms with van der Waals surface area (Å²) in [6.45, 7) is 3.01. The zero-order chi connectivity index (χ0) is 27.0. The van der Waals surface area contributed by atoms with Gasteiger partial charge in [0.25, 0.3) is 0 Å². The largest absolute Gasteiger partial charge is 0.313 e. The van der Waals surface area contributed by atoms with Crippen LogP contribution in [-0.2, 0) is 19.5 Å². The quantitative estimate of drug-likeness (QED) is 0.141. The monoisotopic (exact) mass is 518 g/mol. The Kier molecular flexibility index (Phi) is 12.3. The van der Waals surface area contributed by atoms with Gasteiger partial charge in [-0.3, -0.25) is 4.90 Å². The molecule has 4 aromatic carbocycles. The van der Waals surface area contributed by atoms with Crippen LogP contribution in [0, 0.1) is 0 Å². The van der Waals surface area contributed by atoms with Gasteiger partial charge in [-0.1, -0.05) is 134 Å². The molecule has 0 aromatic heterocycles. The highest BCUT2D eigenvalue weighted by Gasteiger charge is 2.26. The van der Waals surface area contributed by atoms with Crippen molar-refractivity contribution in [1.82, 2.24) is 10.2 Å². The fourth-order valence-corrected chi connectivity index (χ4v) is 5.77. The van der Waals surface area contributed by atoms with Crippen molar-refractivity contribution in [2.24, 2.45) is 0 Å². The Morgan fingerprint density at radius 2 is 1.10 bits per heavy atom. The Balaban J connectivity index is 1.39. The van der Waals surface area contributed by atoms with E-state index >= 15 is 0 Å². The highest BCUT2D eigenvalue weighted by molar-refractivity contribution is 5.22. The average molecular weight is 519 g/mol. The highest BCUT2D eigenvalue weighted by Crippen LogP contribution is 2.32. The number of rotatable bonds is 17. The van der Waals surface area contributed by atoms with Crippen LogP contribution in [0.4, 0.5) is 0 Å². The maximum absolute atomic E-state index is 3.65. The van der Waals surface area contributed by atoms with Gasteiger partial charge >= 0.3 is 0 Å². The van der Waals surface area contributed by atoms with Crippen molar-refractivity contribution in [2.45, 2.75) is 70.0 Å². The lowest BCUT2D eigenvalue weighted by atomic mass is 9.83. The summed E-state index contributed by atoms with van der Waals surface area (Å²) in [4.78, 5) is 2.63. The molecule has 0 amide bonds. The molecule has 0 fully saturated rings. The van der Waals surface area contributed by atoms with E-state index in [2.05, 4.69) is 139 Å². The third-order valence-electron chi connectivity index (χ3n) is 7.88. The van der Waals surface area contributed by atoms with Crippen molar-refractivity contribution in [3.63, 3.8) is 0 Å². The van der Waals surface area contributed by atoms with E-state index in [1.807, 2.05) is 0 Å². The van der Waals surface area contributed by atoms with Crippen molar-refractivity contribution < 1.29 is 0 Å². The van der Waals surface area contributed by atoms with Crippen molar-refractivity contribution >= 4 is 0 Å². The van der Waals surface area contributed by atoms with Gasteiger partial charge in [-0.15, -0.1) is 0 Å². The molecule has 204 valence electrons. The Labute approximate surface area is 237 Å². The molecule has 0 saturated carbocycles. The predicted molar refractivity (Wildman–Crippen MR) is 167 cm³/mol. The number of nitrogens with one attached hydrogen (secondary N) is 1. The zero-order valence-electron chi connectivity index (χ0n) is 23.7. The maximum Gasteiger partial charge on any atom is 0.0233 e. The van der Waals surface area contributed by atoms with E-state index in [0.717, 1.165) is 19.6 Å². The van der Waals surface area contributed by atoms with Crippen molar-refractivity contribution in [1.29, 1.82) is 0 Å². The third kappa shape index (κ3) is 10.1. The number of benzene rings is 4. The average Bonchev–Trinajstić information content (AvgIpc) is 2.99. The minimum Gasteiger partial charge on any atom is -0.313 e. The second-order valence-electron chi connectivity index (χ2n) is 10.9. The molecule has 0 bridgehead atoms. The van der Waals surface area contributed by atoms with Gasteiger partial charge < -0.3 is 5.32 Å². The molecule has 0 heterocycles. The summed E-state index contributed by atoms with van der Waals surface area (Å²) >= 11 is 0.